The number of amides is 1. The zero-order valence-corrected chi connectivity index (χ0v) is 22.9. The van der Waals surface area contributed by atoms with E-state index < -0.39 is 24.7 Å². The summed E-state index contributed by atoms with van der Waals surface area (Å²) in [5.74, 6) is 0.292. The fourth-order valence-corrected chi connectivity index (χ4v) is 6.99. The fourth-order valence-electron chi connectivity index (χ4n) is 6.29. The predicted octanol–water partition coefficient (Wildman–Crippen LogP) is 2.08. The van der Waals surface area contributed by atoms with Gasteiger partial charge in [0.15, 0.2) is 0 Å². The minimum atomic E-state index is -0.565. The Labute approximate surface area is 218 Å². The molecule has 11 heteroatoms. The molecule has 0 aromatic carbocycles. The van der Waals surface area contributed by atoms with Gasteiger partial charge in [0.1, 0.15) is 11.6 Å². The van der Waals surface area contributed by atoms with Gasteiger partial charge < -0.3 is 19.4 Å². The first-order chi connectivity index (χ1) is 16.8. The van der Waals surface area contributed by atoms with Crippen molar-refractivity contribution in [1.29, 1.82) is 0 Å². The minimum absolute atomic E-state index is 0.0124. The smallest absolute Gasteiger partial charge is 0.459 e. The molecule has 3 heterocycles. The lowest BCUT2D eigenvalue weighted by Gasteiger charge is -2.63. The number of carbonyl (C=O) groups excluding carboxylic acids is 2. The van der Waals surface area contributed by atoms with Crippen LogP contribution in [0.5, 0.6) is 0 Å². The Morgan fingerprint density at radius 2 is 2.14 bits per heavy atom. The minimum Gasteiger partial charge on any atom is -0.459 e. The van der Waals surface area contributed by atoms with Crippen molar-refractivity contribution in [3.05, 3.63) is 22.4 Å². The molecule has 0 spiro atoms. The van der Waals surface area contributed by atoms with E-state index >= 15 is 0 Å². The predicted molar refractivity (Wildman–Crippen MR) is 138 cm³/mol. The van der Waals surface area contributed by atoms with E-state index in [1.807, 2.05) is 43.3 Å². The van der Waals surface area contributed by atoms with Gasteiger partial charge in [-0.15, -0.1) is 11.3 Å². The van der Waals surface area contributed by atoms with Gasteiger partial charge in [0.25, 0.3) is 0 Å². The maximum atomic E-state index is 13.0. The van der Waals surface area contributed by atoms with Crippen molar-refractivity contribution in [2.75, 3.05) is 13.1 Å². The Morgan fingerprint density at radius 1 is 1.36 bits per heavy atom. The van der Waals surface area contributed by atoms with E-state index in [0.29, 0.717) is 31.3 Å². The summed E-state index contributed by atoms with van der Waals surface area (Å²) in [6.45, 7) is 13.2. The standard InChI is InChI=1S/C25H39BN4O5S/c1-23(2,3)33-22(32)18-13-30(29-28-18)14-19(27-20(31)11-16-8-7-9-36-16)26-34-21-17-10-15(24(17,4)5)12-25(21,6)35-26/h7-9,15,17-19,21,28-29H,10-14H2,1-6H3,(H,27,31)/t15-,17+,18?,19-,21?,25+/m1/s1. The van der Waals surface area contributed by atoms with Gasteiger partial charge in [-0.1, -0.05) is 19.9 Å². The highest BCUT2D eigenvalue weighted by molar-refractivity contribution is 7.10. The molecular weight excluding hydrogens is 479 g/mol. The second-order valence-corrected chi connectivity index (χ2v) is 13.6. The van der Waals surface area contributed by atoms with E-state index in [1.54, 1.807) is 11.3 Å². The molecule has 3 N–H and O–H groups in total. The molecule has 5 aliphatic rings. The lowest BCUT2D eigenvalue weighted by atomic mass is 9.45. The van der Waals surface area contributed by atoms with Crippen LogP contribution >= 0.6 is 11.3 Å². The third kappa shape index (κ3) is 5.10. The number of nitrogens with zero attached hydrogens (tertiary/aromatic N) is 1. The highest BCUT2D eigenvalue weighted by Gasteiger charge is 2.67. The molecule has 2 aliphatic heterocycles. The molecular formula is C25H39BN4O5S. The number of esters is 1. The van der Waals surface area contributed by atoms with E-state index in [0.717, 1.165) is 11.3 Å². The highest BCUT2D eigenvalue weighted by Crippen LogP contribution is 2.64. The quantitative estimate of drug-likeness (QED) is 0.373. The molecule has 3 saturated carbocycles. The Balaban J connectivity index is 1.27. The molecule has 5 fully saturated rings. The Kier molecular flexibility index (Phi) is 6.79. The van der Waals surface area contributed by atoms with E-state index in [9.17, 15) is 9.59 Å². The molecule has 1 aromatic rings. The van der Waals surface area contributed by atoms with E-state index in [2.05, 4.69) is 37.0 Å². The van der Waals surface area contributed by atoms with Crippen molar-refractivity contribution >= 4 is 30.3 Å². The van der Waals surface area contributed by atoms with Crippen molar-refractivity contribution in [2.45, 2.75) is 90.1 Å². The lowest BCUT2D eigenvalue weighted by molar-refractivity contribution is -0.185. The third-order valence-electron chi connectivity index (χ3n) is 8.33. The number of carbonyl (C=O) groups is 2. The number of nitrogens with one attached hydrogen (secondary N) is 3. The molecule has 3 aliphatic carbocycles. The number of hydrogen-bond donors (Lipinski definition) is 3. The van der Waals surface area contributed by atoms with Gasteiger partial charge in [-0.2, -0.15) is 5.53 Å². The van der Waals surface area contributed by atoms with E-state index in [4.69, 9.17) is 14.0 Å². The van der Waals surface area contributed by atoms with Crippen molar-refractivity contribution in [1.82, 2.24) is 21.3 Å². The largest absolute Gasteiger partial charge is 0.483 e. The van der Waals surface area contributed by atoms with Crippen LogP contribution in [-0.2, 0) is 30.1 Å². The topological polar surface area (TPSA) is 101 Å². The first kappa shape index (κ1) is 26.1. The van der Waals surface area contributed by atoms with Crippen LogP contribution in [0.4, 0.5) is 0 Å². The second-order valence-electron chi connectivity index (χ2n) is 12.6. The SMILES string of the molecule is CC(C)(C)OC(=O)C1CN(C[C@@H](NC(=O)Cc2cccs2)B2OC3[C@@H]4C[C@H](C[C@]3(C)O2)C4(C)C)NN1. The molecule has 2 bridgehead atoms. The third-order valence-corrected chi connectivity index (χ3v) is 9.21. The lowest BCUT2D eigenvalue weighted by Crippen LogP contribution is -2.63. The number of hydrogen-bond acceptors (Lipinski definition) is 9. The molecule has 1 aromatic heterocycles. The number of hydrazine groups is 2. The first-order valence-electron chi connectivity index (χ1n) is 13.0. The monoisotopic (exact) mass is 518 g/mol. The van der Waals surface area contributed by atoms with Crippen molar-refractivity contribution in [3.63, 3.8) is 0 Å². The Hall–Kier alpha value is -1.50. The molecule has 0 radical (unpaired) electrons. The van der Waals surface area contributed by atoms with Crippen LogP contribution in [0.1, 0.15) is 59.3 Å². The van der Waals surface area contributed by atoms with Crippen LogP contribution in [0, 0.1) is 17.3 Å². The normalized spacial score (nSPS) is 34.1. The molecule has 198 valence electrons. The van der Waals surface area contributed by atoms with Crippen LogP contribution in [0.15, 0.2) is 17.5 Å². The van der Waals surface area contributed by atoms with Gasteiger partial charge in [0.05, 0.1) is 24.1 Å². The Bertz CT molecular complexity index is 986. The van der Waals surface area contributed by atoms with Gasteiger partial charge in [-0.25, -0.2) is 10.4 Å². The van der Waals surface area contributed by atoms with Crippen molar-refractivity contribution < 1.29 is 23.6 Å². The summed E-state index contributed by atoms with van der Waals surface area (Å²) in [7, 11) is -0.565. The van der Waals surface area contributed by atoms with Crippen LogP contribution < -0.4 is 16.3 Å². The van der Waals surface area contributed by atoms with Gasteiger partial charge in [-0.3, -0.25) is 9.59 Å². The van der Waals surface area contributed by atoms with Gasteiger partial charge in [0, 0.05) is 18.0 Å². The average Bonchev–Trinajstić information content (AvgIpc) is 3.51. The van der Waals surface area contributed by atoms with Gasteiger partial charge >= 0.3 is 13.1 Å². The Morgan fingerprint density at radius 3 is 2.81 bits per heavy atom. The van der Waals surface area contributed by atoms with Crippen LogP contribution in [-0.4, -0.2) is 66.4 Å². The zero-order chi connectivity index (χ0) is 25.9. The summed E-state index contributed by atoms with van der Waals surface area (Å²) in [5, 5.41) is 7.03. The zero-order valence-electron chi connectivity index (χ0n) is 22.1. The fraction of sp³-hybridized carbons (Fsp3) is 0.760. The van der Waals surface area contributed by atoms with E-state index in [1.165, 1.54) is 6.42 Å². The molecule has 36 heavy (non-hydrogen) atoms. The number of rotatable bonds is 7. The van der Waals surface area contributed by atoms with Gasteiger partial charge in [-0.05, 0) is 69.2 Å². The number of ether oxygens (including phenoxy) is 1. The summed E-state index contributed by atoms with van der Waals surface area (Å²) < 4.78 is 18.7. The molecule has 6 rings (SSSR count). The molecule has 9 nitrogen and oxygen atoms in total. The summed E-state index contributed by atoms with van der Waals surface area (Å²) in [4.78, 5) is 26.6. The van der Waals surface area contributed by atoms with Crippen LogP contribution in [0.25, 0.3) is 0 Å². The first-order valence-corrected chi connectivity index (χ1v) is 13.9. The van der Waals surface area contributed by atoms with Crippen molar-refractivity contribution in [2.24, 2.45) is 17.3 Å². The summed E-state index contributed by atoms with van der Waals surface area (Å²) >= 11 is 1.57. The average molecular weight is 518 g/mol. The number of thiophene rings is 1. The van der Waals surface area contributed by atoms with Gasteiger partial charge in [0.2, 0.25) is 5.91 Å². The van der Waals surface area contributed by atoms with Crippen LogP contribution in [0.2, 0.25) is 0 Å². The summed E-state index contributed by atoms with van der Waals surface area (Å²) in [5.41, 5.74) is 5.42. The molecule has 1 amide bonds. The van der Waals surface area contributed by atoms with E-state index in [-0.39, 0.29) is 29.0 Å². The highest BCUT2D eigenvalue weighted by atomic mass is 32.1. The molecule has 2 unspecified atom stereocenters. The summed E-state index contributed by atoms with van der Waals surface area (Å²) in [6, 6.07) is 3.40. The maximum Gasteiger partial charge on any atom is 0.483 e. The van der Waals surface area contributed by atoms with Crippen molar-refractivity contribution in [3.8, 4) is 0 Å². The second kappa shape index (κ2) is 9.36. The van der Waals surface area contributed by atoms with Crippen LogP contribution in [0.3, 0.4) is 0 Å². The summed E-state index contributed by atoms with van der Waals surface area (Å²) in [6.07, 6.45) is 2.47. The molecule has 6 atom stereocenters. The molecule has 2 saturated heterocycles. The maximum absolute atomic E-state index is 13.0.